The predicted octanol–water partition coefficient (Wildman–Crippen LogP) is 3.44. The van der Waals surface area contributed by atoms with Crippen molar-refractivity contribution in [1.29, 1.82) is 0 Å². The van der Waals surface area contributed by atoms with Crippen LogP contribution in [0.3, 0.4) is 0 Å². The van der Waals surface area contributed by atoms with Crippen LogP contribution in [0.5, 0.6) is 0 Å². The summed E-state index contributed by atoms with van der Waals surface area (Å²) >= 11 is 1.77. The standard InChI is InChI=1S/C16H21FN2OS/c1-11-3-4-13(9-14(11)17)12(2)18-15-19-16(10-21-15)5-7-20-8-6-16/h3-4,9,12H,5-8,10H2,1-2H3,(H,18,19). The van der Waals surface area contributed by atoms with Gasteiger partial charge >= 0.3 is 0 Å². The van der Waals surface area contributed by atoms with Crippen LogP contribution in [0.1, 0.15) is 36.9 Å². The van der Waals surface area contributed by atoms with Crippen molar-refractivity contribution in [3.8, 4) is 0 Å². The minimum atomic E-state index is -0.160. The topological polar surface area (TPSA) is 33.6 Å². The first-order chi connectivity index (χ1) is 10.1. The third-order valence-electron chi connectivity index (χ3n) is 4.30. The molecular formula is C16H21FN2OS. The van der Waals surface area contributed by atoms with Crippen LogP contribution < -0.4 is 5.32 Å². The molecule has 2 saturated heterocycles. The number of halogens is 1. The van der Waals surface area contributed by atoms with Gasteiger partial charge in [-0.2, -0.15) is 0 Å². The van der Waals surface area contributed by atoms with Crippen LogP contribution in [0.25, 0.3) is 0 Å². The molecule has 2 fully saturated rings. The molecule has 0 saturated carbocycles. The molecule has 1 aromatic rings. The molecule has 0 aliphatic carbocycles. The maximum Gasteiger partial charge on any atom is 0.157 e. The van der Waals surface area contributed by atoms with E-state index in [2.05, 4.69) is 5.32 Å². The Morgan fingerprint density at radius 3 is 2.86 bits per heavy atom. The quantitative estimate of drug-likeness (QED) is 0.908. The first kappa shape index (κ1) is 14.9. The average molecular weight is 308 g/mol. The second kappa shape index (κ2) is 5.97. The van der Waals surface area contributed by atoms with E-state index in [9.17, 15) is 4.39 Å². The molecule has 2 aliphatic rings. The van der Waals surface area contributed by atoms with Crippen LogP contribution in [0.15, 0.2) is 23.2 Å². The van der Waals surface area contributed by atoms with Crippen molar-refractivity contribution >= 4 is 16.9 Å². The number of hydrogen-bond donors (Lipinski definition) is 1. The first-order valence-electron chi connectivity index (χ1n) is 7.41. The van der Waals surface area contributed by atoms with Gasteiger partial charge in [-0.1, -0.05) is 23.9 Å². The summed E-state index contributed by atoms with van der Waals surface area (Å²) in [6, 6.07) is 5.33. The molecule has 3 nitrogen and oxygen atoms in total. The molecule has 114 valence electrons. The fourth-order valence-electron chi connectivity index (χ4n) is 2.73. The zero-order valence-electron chi connectivity index (χ0n) is 12.5. The van der Waals surface area contributed by atoms with Crippen LogP contribution in [-0.4, -0.2) is 29.7 Å². The van der Waals surface area contributed by atoms with Gasteiger partial charge in [-0.25, -0.2) is 4.39 Å². The highest BCUT2D eigenvalue weighted by Gasteiger charge is 2.38. The maximum absolute atomic E-state index is 13.7. The number of hydrogen-bond acceptors (Lipinski definition) is 3. The summed E-state index contributed by atoms with van der Waals surface area (Å²) in [5.41, 5.74) is 1.74. The number of benzene rings is 1. The summed E-state index contributed by atoms with van der Waals surface area (Å²) in [5, 5.41) is 4.55. The van der Waals surface area contributed by atoms with Gasteiger partial charge < -0.3 is 10.1 Å². The average Bonchev–Trinajstić information content (AvgIpc) is 2.85. The summed E-state index contributed by atoms with van der Waals surface area (Å²) in [6.45, 7) is 5.42. The highest BCUT2D eigenvalue weighted by atomic mass is 32.2. The summed E-state index contributed by atoms with van der Waals surface area (Å²) in [6.07, 6.45) is 2.07. The van der Waals surface area contributed by atoms with E-state index in [0.29, 0.717) is 5.56 Å². The van der Waals surface area contributed by atoms with Gasteiger partial charge in [0.2, 0.25) is 0 Å². The summed E-state index contributed by atoms with van der Waals surface area (Å²) in [5.74, 6) is 0.886. The first-order valence-corrected chi connectivity index (χ1v) is 8.39. The smallest absolute Gasteiger partial charge is 0.157 e. The van der Waals surface area contributed by atoms with E-state index in [4.69, 9.17) is 9.73 Å². The van der Waals surface area contributed by atoms with E-state index in [1.54, 1.807) is 24.8 Å². The highest BCUT2D eigenvalue weighted by molar-refractivity contribution is 8.14. The number of amidine groups is 1. The van der Waals surface area contributed by atoms with Crippen molar-refractivity contribution in [3.63, 3.8) is 0 Å². The Balaban J connectivity index is 1.71. The normalized spacial score (nSPS) is 24.2. The second-order valence-corrected chi connectivity index (χ2v) is 6.89. The lowest BCUT2D eigenvalue weighted by Gasteiger charge is -2.32. The van der Waals surface area contributed by atoms with Gasteiger partial charge in [0, 0.05) is 19.0 Å². The second-order valence-electron chi connectivity index (χ2n) is 5.93. The number of ether oxygens (including phenoxy) is 1. The number of nitrogens with one attached hydrogen (secondary N) is 1. The molecule has 1 spiro atoms. The molecule has 1 atom stereocenters. The lowest BCUT2D eigenvalue weighted by Crippen LogP contribution is -2.48. The number of aryl methyl sites for hydroxylation is 1. The molecule has 1 aromatic carbocycles. The molecule has 2 heterocycles. The summed E-state index contributed by atoms with van der Waals surface area (Å²) in [7, 11) is 0. The van der Waals surface area contributed by atoms with E-state index in [1.807, 2.05) is 19.1 Å². The molecule has 0 radical (unpaired) electrons. The van der Waals surface area contributed by atoms with Gasteiger partial charge in [-0.05, 0) is 43.9 Å². The molecule has 1 unspecified atom stereocenters. The van der Waals surface area contributed by atoms with Crippen molar-refractivity contribution in [1.82, 2.24) is 5.32 Å². The Bertz CT molecular complexity index is 555. The fraction of sp³-hybridized carbons (Fsp3) is 0.562. The van der Waals surface area contributed by atoms with Crippen molar-refractivity contribution in [2.24, 2.45) is 4.99 Å². The van der Waals surface area contributed by atoms with Crippen LogP contribution in [0.4, 0.5) is 4.39 Å². The van der Waals surface area contributed by atoms with Gasteiger partial charge in [0.15, 0.2) is 5.17 Å². The molecule has 0 aromatic heterocycles. The summed E-state index contributed by atoms with van der Waals surface area (Å²) < 4.78 is 19.1. The van der Waals surface area contributed by atoms with E-state index in [0.717, 1.165) is 42.5 Å². The Morgan fingerprint density at radius 2 is 2.14 bits per heavy atom. The van der Waals surface area contributed by atoms with Crippen LogP contribution in [0, 0.1) is 12.7 Å². The lowest BCUT2D eigenvalue weighted by molar-refractivity contribution is 0.0555. The molecular weight excluding hydrogens is 287 g/mol. The Kier molecular flexibility index (Phi) is 4.22. The van der Waals surface area contributed by atoms with Crippen LogP contribution in [0.2, 0.25) is 0 Å². The van der Waals surface area contributed by atoms with Gasteiger partial charge in [0.25, 0.3) is 0 Å². The fourth-order valence-corrected chi connectivity index (χ4v) is 4.02. The van der Waals surface area contributed by atoms with E-state index < -0.39 is 0 Å². The van der Waals surface area contributed by atoms with E-state index in [-0.39, 0.29) is 17.4 Å². The van der Waals surface area contributed by atoms with Gasteiger partial charge in [0.1, 0.15) is 5.82 Å². The molecule has 0 bridgehead atoms. The zero-order valence-corrected chi connectivity index (χ0v) is 13.3. The van der Waals surface area contributed by atoms with Crippen molar-refractivity contribution < 1.29 is 9.13 Å². The van der Waals surface area contributed by atoms with Gasteiger partial charge in [-0.3, -0.25) is 4.99 Å². The molecule has 5 heteroatoms. The number of aliphatic imine (C=N–C) groups is 1. The van der Waals surface area contributed by atoms with Crippen molar-refractivity contribution in [2.75, 3.05) is 19.0 Å². The minimum absolute atomic E-state index is 0.0370. The minimum Gasteiger partial charge on any atom is -0.381 e. The third-order valence-corrected chi connectivity index (χ3v) is 5.47. The SMILES string of the molecule is Cc1ccc(C(C)N=C2NC3(CCOCC3)CS2)cc1F. The Morgan fingerprint density at radius 1 is 1.38 bits per heavy atom. The lowest BCUT2D eigenvalue weighted by atomic mass is 9.93. The number of thioether (sulfide) groups is 1. The Labute approximate surface area is 129 Å². The van der Waals surface area contributed by atoms with Crippen molar-refractivity contribution in [3.05, 3.63) is 35.1 Å². The van der Waals surface area contributed by atoms with E-state index in [1.165, 1.54) is 0 Å². The molecule has 0 amide bonds. The van der Waals surface area contributed by atoms with Gasteiger partial charge in [0.05, 0.1) is 11.6 Å². The van der Waals surface area contributed by atoms with Gasteiger partial charge in [-0.15, -0.1) is 0 Å². The van der Waals surface area contributed by atoms with Crippen LogP contribution in [-0.2, 0) is 4.74 Å². The summed E-state index contributed by atoms with van der Waals surface area (Å²) in [4.78, 5) is 4.73. The molecule has 21 heavy (non-hydrogen) atoms. The molecule has 1 N–H and O–H groups in total. The largest absolute Gasteiger partial charge is 0.381 e. The number of nitrogens with zero attached hydrogens (tertiary/aromatic N) is 1. The maximum atomic E-state index is 13.7. The van der Waals surface area contributed by atoms with E-state index >= 15 is 0 Å². The molecule has 2 aliphatic heterocycles. The van der Waals surface area contributed by atoms with Crippen molar-refractivity contribution in [2.45, 2.75) is 38.3 Å². The monoisotopic (exact) mass is 308 g/mol. The number of rotatable bonds is 2. The zero-order chi connectivity index (χ0) is 14.9. The molecule has 3 rings (SSSR count). The predicted molar refractivity (Wildman–Crippen MR) is 85.4 cm³/mol. The highest BCUT2D eigenvalue weighted by Crippen LogP contribution is 2.33. The van der Waals surface area contributed by atoms with Crippen LogP contribution >= 0.6 is 11.8 Å². The third kappa shape index (κ3) is 3.24. The Hall–Kier alpha value is -1.07.